The Bertz CT molecular complexity index is 136. The summed E-state index contributed by atoms with van der Waals surface area (Å²) >= 11 is 8.80. The predicted octanol–water partition coefficient (Wildman–Crippen LogP) is 4.81. The maximum atomic E-state index is 8.98. The van der Waals surface area contributed by atoms with Crippen molar-refractivity contribution < 1.29 is 4.79 Å². The molecule has 0 N–H and O–H groups in total. The van der Waals surface area contributed by atoms with E-state index in [-0.39, 0.29) is 0 Å². The molecule has 0 aromatic carbocycles. The Labute approximate surface area is 90.8 Å². The minimum atomic E-state index is -0.889. The lowest BCUT2D eigenvalue weighted by Gasteiger charge is -2.24. The van der Waals surface area contributed by atoms with Crippen LogP contribution in [0.2, 0.25) is 0 Å². The lowest BCUT2D eigenvalue weighted by atomic mass is 9.82. The third-order valence-corrected chi connectivity index (χ3v) is 2.59. The molecule has 0 aromatic rings. The molecular formula is C10H18Cl2O. The van der Waals surface area contributed by atoms with Crippen molar-refractivity contribution in [3.05, 3.63) is 0 Å². The number of carbonyl (C=O) groups is 1. The van der Waals surface area contributed by atoms with Crippen LogP contribution in [0, 0.1) is 11.8 Å². The summed E-state index contributed by atoms with van der Waals surface area (Å²) in [6, 6.07) is 0. The van der Waals surface area contributed by atoms with Crippen molar-refractivity contribution in [1.29, 1.82) is 0 Å². The summed E-state index contributed by atoms with van der Waals surface area (Å²) < 4.78 is -0.889. The molecule has 1 fully saturated rings. The first kappa shape index (κ1) is 13.2. The van der Waals surface area contributed by atoms with Gasteiger partial charge in [0.15, 0.2) is 0 Å². The Morgan fingerprint density at radius 1 is 1.15 bits per heavy atom. The van der Waals surface area contributed by atoms with E-state index in [1.807, 2.05) is 0 Å². The van der Waals surface area contributed by atoms with Crippen LogP contribution in [-0.2, 0) is 0 Å². The van der Waals surface area contributed by atoms with E-state index in [9.17, 15) is 0 Å². The fourth-order valence-electron chi connectivity index (χ4n) is 1.80. The Kier molecular flexibility index (Phi) is 7.78. The topological polar surface area (TPSA) is 17.1 Å². The first-order valence-electron chi connectivity index (χ1n) is 4.89. The smallest absolute Gasteiger partial charge is 0.262 e. The Morgan fingerprint density at radius 2 is 1.54 bits per heavy atom. The minimum absolute atomic E-state index is 0.889. The lowest BCUT2D eigenvalue weighted by Crippen LogP contribution is -2.12. The van der Waals surface area contributed by atoms with Crippen LogP contribution < -0.4 is 0 Å². The second-order valence-corrected chi connectivity index (χ2v) is 4.75. The van der Waals surface area contributed by atoms with Gasteiger partial charge >= 0.3 is 4.70 Å². The first-order valence-corrected chi connectivity index (χ1v) is 5.64. The van der Waals surface area contributed by atoms with Crippen molar-refractivity contribution in [1.82, 2.24) is 0 Å². The van der Waals surface area contributed by atoms with Gasteiger partial charge in [0.1, 0.15) is 0 Å². The molecule has 0 aliphatic heterocycles. The van der Waals surface area contributed by atoms with Crippen molar-refractivity contribution in [2.75, 3.05) is 0 Å². The van der Waals surface area contributed by atoms with Crippen molar-refractivity contribution in [2.45, 2.75) is 46.0 Å². The molecule has 0 heterocycles. The number of hydrogen-bond donors (Lipinski definition) is 0. The summed E-state index contributed by atoms with van der Waals surface area (Å²) in [6.07, 6.45) is 7.46. The third-order valence-electron chi connectivity index (χ3n) is 2.59. The fourth-order valence-corrected chi connectivity index (χ4v) is 1.80. The van der Waals surface area contributed by atoms with Crippen LogP contribution in [0.25, 0.3) is 0 Å². The SMILES string of the molecule is CC(C)C1CCCCC1.O=C(Cl)Cl. The van der Waals surface area contributed by atoms with Crippen molar-refractivity contribution in [3.8, 4) is 0 Å². The quantitative estimate of drug-likeness (QED) is 0.585. The van der Waals surface area contributed by atoms with Crippen LogP contribution >= 0.6 is 23.2 Å². The summed E-state index contributed by atoms with van der Waals surface area (Å²) in [4.78, 5) is 8.98. The van der Waals surface area contributed by atoms with Crippen LogP contribution in [-0.4, -0.2) is 4.70 Å². The molecule has 0 bridgehead atoms. The molecule has 1 aliphatic carbocycles. The summed E-state index contributed by atoms with van der Waals surface area (Å²) in [6.45, 7) is 4.71. The van der Waals surface area contributed by atoms with Crippen molar-refractivity contribution in [3.63, 3.8) is 0 Å². The molecule has 3 heteroatoms. The monoisotopic (exact) mass is 224 g/mol. The molecule has 13 heavy (non-hydrogen) atoms. The molecular weight excluding hydrogens is 207 g/mol. The van der Waals surface area contributed by atoms with Crippen LogP contribution in [0.15, 0.2) is 0 Å². The summed E-state index contributed by atoms with van der Waals surface area (Å²) in [7, 11) is 0. The first-order chi connectivity index (χ1) is 6.04. The van der Waals surface area contributed by atoms with Gasteiger partial charge in [0.05, 0.1) is 0 Å². The molecule has 0 saturated heterocycles. The Morgan fingerprint density at radius 3 is 1.77 bits per heavy atom. The Balaban J connectivity index is 0.000000310. The van der Waals surface area contributed by atoms with E-state index < -0.39 is 4.70 Å². The highest BCUT2D eigenvalue weighted by Crippen LogP contribution is 2.29. The van der Waals surface area contributed by atoms with E-state index in [1.54, 1.807) is 0 Å². The Hall–Kier alpha value is 0.250. The normalized spacial score (nSPS) is 17.9. The van der Waals surface area contributed by atoms with Crippen LogP contribution in [0.3, 0.4) is 0 Å². The lowest BCUT2D eigenvalue weighted by molar-refractivity contribution is 0.275. The zero-order valence-corrected chi connectivity index (χ0v) is 9.87. The van der Waals surface area contributed by atoms with E-state index in [4.69, 9.17) is 4.79 Å². The maximum absolute atomic E-state index is 8.98. The summed E-state index contributed by atoms with van der Waals surface area (Å²) in [5.41, 5.74) is 0. The van der Waals surface area contributed by atoms with Gasteiger partial charge in [0.25, 0.3) is 0 Å². The van der Waals surface area contributed by atoms with Crippen LogP contribution in [0.5, 0.6) is 0 Å². The van der Waals surface area contributed by atoms with Gasteiger partial charge in [-0.1, -0.05) is 46.0 Å². The van der Waals surface area contributed by atoms with E-state index in [2.05, 4.69) is 37.0 Å². The van der Waals surface area contributed by atoms with Gasteiger partial charge < -0.3 is 0 Å². The second kappa shape index (κ2) is 7.64. The average molecular weight is 225 g/mol. The van der Waals surface area contributed by atoms with Crippen molar-refractivity contribution >= 4 is 27.9 Å². The average Bonchev–Trinajstić information content (AvgIpc) is 2.05. The van der Waals surface area contributed by atoms with E-state index in [0.717, 1.165) is 11.8 Å². The second-order valence-electron chi connectivity index (χ2n) is 3.87. The predicted molar refractivity (Wildman–Crippen MR) is 58.5 cm³/mol. The zero-order chi connectivity index (χ0) is 10.3. The molecule has 0 unspecified atom stereocenters. The number of rotatable bonds is 1. The highest BCUT2D eigenvalue weighted by atomic mass is 35.5. The highest BCUT2D eigenvalue weighted by Gasteiger charge is 2.15. The minimum Gasteiger partial charge on any atom is -0.262 e. The van der Waals surface area contributed by atoms with Gasteiger partial charge in [-0.25, -0.2) is 0 Å². The molecule has 0 spiro atoms. The number of hydrogen-bond acceptors (Lipinski definition) is 1. The van der Waals surface area contributed by atoms with Gasteiger partial charge in [-0.2, -0.15) is 0 Å². The molecule has 1 aliphatic rings. The van der Waals surface area contributed by atoms with E-state index in [1.165, 1.54) is 32.1 Å². The molecule has 0 amide bonds. The number of carbonyl (C=O) groups excluding carboxylic acids is 1. The van der Waals surface area contributed by atoms with Crippen molar-refractivity contribution in [2.24, 2.45) is 11.8 Å². The molecule has 1 saturated carbocycles. The molecule has 0 atom stereocenters. The fraction of sp³-hybridized carbons (Fsp3) is 0.900. The van der Waals surface area contributed by atoms with Gasteiger partial charge in [0.2, 0.25) is 0 Å². The van der Waals surface area contributed by atoms with Gasteiger partial charge in [-0.3, -0.25) is 4.79 Å². The number of halogens is 2. The van der Waals surface area contributed by atoms with Gasteiger partial charge in [-0.05, 0) is 35.0 Å². The summed E-state index contributed by atoms with van der Waals surface area (Å²) in [5.74, 6) is 1.99. The van der Waals surface area contributed by atoms with Gasteiger partial charge in [-0.15, -0.1) is 0 Å². The molecule has 1 rings (SSSR count). The molecule has 0 radical (unpaired) electrons. The van der Waals surface area contributed by atoms with E-state index >= 15 is 0 Å². The van der Waals surface area contributed by atoms with Gasteiger partial charge in [0, 0.05) is 0 Å². The van der Waals surface area contributed by atoms with Crippen LogP contribution in [0.1, 0.15) is 46.0 Å². The zero-order valence-electron chi connectivity index (χ0n) is 8.35. The van der Waals surface area contributed by atoms with E-state index in [0.29, 0.717) is 0 Å². The standard InChI is InChI=1S/C9H18.CCl2O/c1-8(2)9-6-4-3-5-7-9;2-1(3)4/h8-9H,3-7H2,1-2H3;. The third kappa shape index (κ3) is 8.58. The summed E-state index contributed by atoms with van der Waals surface area (Å²) in [5, 5.41) is 0. The maximum Gasteiger partial charge on any atom is 0.313 e. The molecule has 78 valence electrons. The molecule has 1 nitrogen and oxygen atoms in total. The largest absolute Gasteiger partial charge is 0.313 e. The highest BCUT2D eigenvalue weighted by molar-refractivity contribution is 6.93. The molecule has 0 aromatic heterocycles. The van der Waals surface area contributed by atoms with Crippen LogP contribution in [0.4, 0.5) is 4.79 Å².